The highest BCUT2D eigenvalue weighted by Crippen LogP contribution is 2.51. The molecule has 0 aliphatic heterocycles. The van der Waals surface area contributed by atoms with E-state index in [1.807, 2.05) is 0 Å². The van der Waals surface area contributed by atoms with E-state index >= 15 is 4.39 Å². The summed E-state index contributed by atoms with van der Waals surface area (Å²) in [7, 11) is 2.80. The van der Waals surface area contributed by atoms with Crippen LogP contribution in [0.2, 0.25) is 0 Å². The first-order valence-corrected chi connectivity index (χ1v) is 15.3. The minimum atomic E-state index is -4.93. The number of aromatic nitrogens is 4. The standard InChI is InChI=1S/C32H37F4N5O6/c1-19-4-6-20(7-5-19)29(42)41(22(16-45-2)17-46-3)26-14-25(33)27(13-23(26)30(43)44)47-28-24(32(34,35)36)12-21(15-37-28)31(8-9-31)18-40-11-10-38-39-40/h10-15,19-20,22H,4-9,16-18H2,1-3H3,(H,43,44)/t19-,20-. The molecule has 2 aromatic heterocycles. The van der Waals surface area contributed by atoms with E-state index in [1.165, 1.54) is 36.2 Å². The second-order valence-electron chi connectivity index (χ2n) is 12.4. The zero-order valence-electron chi connectivity index (χ0n) is 26.3. The normalized spacial score (nSPS) is 19.1. The Bertz CT molecular complexity index is 1570. The molecule has 2 aliphatic carbocycles. The largest absolute Gasteiger partial charge is 0.478 e. The number of benzene rings is 1. The van der Waals surface area contributed by atoms with Crippen LogP contribution in [0.25, 0.3) is 0 Å². The predicted octanol–water partition coefficient (Wildman–Crippen LogP) is 5.87. The van der Waals surface area contributed by atoms with E-state index in [9.17, 15) is 27.9 Å². The Hall–Kier alpha value is -4.11. The highest BCUT2D eigenvalue weighted by atomic mass is 19.4. The SMILES string of the molecule is COCC(COC)N(c1cc(F)c(Oc2ncc(C3(Cn4ccnn4)CC3)cc2C(F)(F)F)cc1C(=O)O)C(=O)[C@H]1CC[C@H](C)CC1. The first-order chi connectivity index (χ1) is 22.4. The number of carbonyl (C=O) groups excluding carboxylic acids is 1. The van der Waals surface area contributed by atoms with Crippen LogP contribution in [-0.2, 0) is 32.4 Å². The topological polar surface area (TPSA) is 129 Å². The third-order valence-corrected chi connectivity index (χ3v) is 8.99. The molecule has 2 heterocycles. The molecule has 47 heavy (non-hydrogen) atoms. The van der Waals surface area contributed by atoms with Crippen molar-refractivity contribution >= 4 is 17.6 Å². The van der Waals surface area contributed by atoms with Crippen molar-refractivity contribution in [2.45, 2.75) is 69.6 Å². The molecule has 2 saturated carbocycles. The van der Waals surface area contributed by atoms with E-state index in [4.69, 9.17) is 14.2 Å². The molecule has 11 nitrogen and oxygen atoms in total. The van der Waals surface area contributed by atoms with Crippen molar-refractivity contribution in [2.24, 2.45) is 11.8 Å². The number of amides is 1. The molecule has 3 aromatic rings. The van der Waals surface area contributed by atoms with Crippen molar-refractivity contribution in [3.63, 3.8) is 0 Å². The van der Waals surface area contributed by atoms with Crippen LogP contribution in [0.5, 0.6) is 11.6 Å². The summed E-state index contributed by atoms with van der Waals surface area (Å²) in [6.45, 7) is 2.28. The van der Waals surface area contributed by atoms with E-state index < -0.39 is 64.0 Å². The third kappa shape index (κ3) is 7.56. The number of rotatable bonds is 13. The lowest BCUT2D eigenvalue weighted by Gasteiger charge is -2.36. The number of alkyl halides is 3. The van der Waals surface area contributed by atoms with Gasteiger partial charge in [0.25, 0.3) is 0 Å². The lowest BCUT2D eigenvalue weighted by molar-refractivity contribution is -0.139. The molecule has 0 bridgehead atoms. The minimum Gasteiger partial charge on any atom is -0.478 e. The number of hydrogen-bond acceptors (Lipinski definition) is 8. The van der Waals surface area contributed by atoms with Crippen LogP contribution in [0.1, 0.15) is 66.9 Å². The molecule has 0 spiro atoms. The molecule has 1 N–H and O–H groups in total. The molecule has 0 radical (unpaired) electrons. The van der Waals surface area contributed by atoms with Gasteiger partial charge in [-0.15, -0.1) is 5.10 Å². The summed E-state index contributed by atoms with van der Waals surface area (Å²) in [6.07, 6.45) is 3.33. The number of anilines is 1. The number of methoxy groups -OCH3 is 2. The van der Waals surface area contributed by atoms with Gasteiger partial charge in [0.05, 0.1) is 43.2 Å². The molecule has 1 amide bonds. The number of nitrogens with zero attached hydrogens (tertiary/aromatic N) is 5. The number of hydrogen-bond donors (Lipinski definition) is 1. The maximum atomic E-state index is 15.8. The Kier molecular flexibility index (Phi) is 10.2. The highest BCUT2D eigenvalue weighted by molar-refractivity contribution is 6.03. The van der Waals surface area contributed by atoms with Gasteiger partial charge in [-0.3, -0.25) is 9.48 Å². The number of ether oxygens (including phenoxy) is 3. The van der Waals surface area contributed by atoms with Gasteiger partial charge >= 0.3 is 12.1 Å². The summed E-state index contributed by atoms with van der Waals surface area (Å²) in [5.74, 6) is -4.90. The van der Waals surface area contributed by atoms with Crippen molar-refractivity contribution in [3.05, 3.63) is 59.3 Å². The van der Waals surface area contributed by atoms with Crippen LogP contribution >= 0.6 is 0 Å². The zero-order valence-corrected chi connectivity index (χ0v) is 26.3. The van der Waals surface area contributed by atoms with Crippen LogP contribution in [0, 0.1) is 17.7 Å². The number of aromatic carboxylic acids is 1. The van der Waals surface area contributed by atoms with Crippen LogP contribution in [-0.4, -0.2) is 70.4 Å². The fourth-order valence-corrected chi connectivity index (χ4v) is 6.22. The maximum absolute atomic E-state index is 15.8. The van der Waals surface area contributed by atoms with E-state index in [0.29, 0.717) is 43.7 Å². The van der Waals surface area contributed by atoms with E-state index in [1.54, 1.807) is 6.20 Å². The van der Waals surface area contributed by atoms with Gasteiger partial charge in [-0.25, -0.2) is 14.2 Å². The zero-order chi connectivity index (χ0) is 33.9. The van der Waals surface area contributed by atoms with Gasteiger partial charge in [-0.05, 0) is 56.1 Å². The van der Waals surface area contributed by atoms with Crippen molar-refractivity contribution in [1.29, 1.82) is 0 Å². The smallest absolute Gasteiger partial charge is 0.421 e. The molecule has 0 atom stereocenters. The average molecular weight is 664 g/mol. The quantitative estimate of drug-likeness (QED) is 0.223. The lowest BCUT2D eigenvalue weighted by Crippen LogP contribution is -2.49. The Balaban J connectivity index is 1.52. The molecular weight excluding hydrogens is 626 g/mol. The summed E-state index contributed by atoms with van der Waals surface area (Å²) in [5.41, 5.74) is -2.40. The number of carboxylic acid groups (broad SMARTS) is 1. The first kappa shape index (κ1) is 34.2. The lowest BCUT2D eigenvalue weighted by atomic mass is 9.82. The molecule has 254 valence electrons. The number of halogens is 4. The van der Waals surface area contributed by atoms with Crippen molar-refractivity contribution in [2.75, 3.05) is 32.3 Å². The van der Waals surface area contributed by atoms with Crippen LogP contribution in [0.4, 0.5) is 23.2 Å². The van der Waals surface area contributed by atoms with Crippen LogP contribution in [0.15, 0.2) is 36.8 Å². The summed E-state index contributed by atoms with van der Waals surface area (Å²) in [6, 6.07) is 1.66. The van der Waals surface area contributed by atoms with Gasteiger partial charge in [0.2, 0.25) is 11.8 Å². The van der Waals surface area contributed by atoms with Crippen molar-refractivity contribution in [1.82, 2.24) is 20.0 Å². The molecule has 2 aliphatic rings. The molecule has 0 saturated heterocycles. The maximum Gasteiger partial charge on any atom is 0.421 e. The fourth-order valence-electron chi connectivity index (χ4n) is 6.22. The van der Waals surface area contributed by atoms with Gasteiger partial charge in [-0.2, -0.15) is 13.2 Å². The van der Waals surface area contributed by atoms with Gasteiger partial charge in [-0.1, -0.05) is 12.1 Å². The number of carbonyl (C=O) groups is 2. The molecule has 5 rings (SSSR count). The fraction of sp³-hybridized carbons (Fsp3) is 0.531. The Labute approximate surface area is 268 Å². The minimum absolute atomic E-state index is 0.0504. The molecule has 2 fully saturated rings. The summed E-state index contributed by atoms with van der Waals surface area (Å²) >= 11 is 0. The predicted molar refractivity (Wildman–Crippen MR) is 160 cm³/mol. The van der Waals surface area contributed by atoms with Crippen LogP contribution in [0.3, 0.4) is 0 Å². The van der Waals surface area contributed by atoms with Gasteiger partial charge in [0.15, 0.2) is 11.6 Å². The van der Waals surface area contributed by atoms with Gasteiger partial charge in [0.1, 0.15) is 5.56 Å². The van der Waals surface area contributed by atoms with Gasteiger partial charge in [0, 0.05) is 50.1 Å². The number of carboxylic acids is 1. The third-order valence-electron chi connectivity index (χ3n) is 8.99. The molecular formula is C32H37F4N5O6. The summed E-state index contributed by atoms with van der Waals surface area (Å²) in [4.78, 5) is 31.6. The molecule has 15 heteroatoms. The average Bonchev–Trinajstić information content (AvgIpc) is 3.62. The second-order valence-corrected chi connectivity index (χ2v) is 12.4. The second kappa shape index (κ2) is 13.9. The molecule has 1 aromatic carbocycles. The number of pyridine rings is 1. The van der Waals surface area contributed by atoms with E-state index in [-0.39, 0.29) is 18.9 Å². The van der Waals surface area contributed by atoms with E-state index in [0.717, 1.165) is 31.0 Å². The Morgan fingerprint density at radius 2 is 1.79 bits per heavy atom. The summed E-state index contributed by atoms with van der Waals surface area (Å²) in [5, 5.41) is 17.8. The van der Waals surface area contributed by atoms with Crippen molar-refractivity contribution in [3.8, 4) is 11.6 Å². The van der Waals surface area contributed by atoms with Crippen molar-refractivity contribution < 1.29 is 46.5 Å². The molecule has 0 unspecified atom stereocenters. The summed E-state index contributed by atoms with van der Waals surface area (Å²) < 4.78 is 76.3. The Morgan fingerprint density at radius 3 is 2.34 bits per heavy atom. The Morgan fingerprint density at radius 1 is 1.11 bits per heavy atom. The highest BCUT2D eigenvalue weighted by Gasteiger charge is 2.47. The van der Waals surface area contributed by atoms with Crippen LogP contribution < -0.4 is 9.64 Å². The first-order valence-electron chi connectivity index (χ1n) is 15.3. The monoisotopic (exact) mass is 663 g/mol. The van der Waals surface area contributed by atoms with E-state index in [2.05, 4.69) is 22.2 Å². The van der Waals surface area contributed by atoms with Gasteiger partial charge < -0.3 is 24.2 Å².